The van der Waals surface area contributed by atoms with Crippen molar-refractivity contribution in [3.63, 3.8) is 0 Å². The predicted octanol–water partition coefficient (Wildman–Crippen LogP) is 2.03. The first-order valence-corrected chi connectivity index (χ1v) is 9.54. The van der Waals surface area contributed by atoms with Gasteiger partial charge in [-0.3, -0.25) is 4.79 Å². The van der Waals surface area contributed by atoms with Crippen LogP contribution in [0.25, 0.3) is 0 Å². The average Bonchev–Trinajstić information content (AvgIpc) is 2.78. The van der Waals surface area contributed by atoms with Crippen molar-refractivity contribution in [2.45, 2.75) is 62.4 Å². The molecule has 2 saturated heterocycles. The second-order valence-corrected chi connectivity index (χ2v) is 9.35. The summed E-state index contributed by atoms with van der Waals surface area (Å²) in [4.78, 5) is 12.0. The van der Waals surface area contributed by atoms with Gasteiger partial charge in [0.15, 0.2) is 0 Å². The number of carbonyl (C=O) groups is 1. The number of carbonyl (C=O) groups excluding carboxylic acids is 1. The summed E-state index contributed by atoms with van der Waals surface area (Å²) in [6, 6.07) is 6.81. The highest BCUT2D eigenvalue weighted by Crippen LogP contribution is 2.34. The minimum Gasteiger partial charge on any atom is -0.354 e. The molecule has 2 aliphatic rings. The summed E-state index contributed by atoms with van der Waals surface area (Å²) in [5, 5.41) is 2.81. The summed E-state index contributed by atoms with van der Waals surface area (Å²) in [6.45, 7) is 6.71. The molecule has 0 spiro atoms. The van der Waals surface area contributed by atoms with E-state index in [1.54, 1.807) is 16.4 Å². The lowest BCUT2D eigenvalue weighted by atomic mass is 9.87. The van der Waals surface area contributed by atoms with E-state index < -0.39 is 10.0 Å². The van der Waals surface area contributed by atoms with Crippen LogP contribution < -0.4 is 5.32 Å². The van der Waals surface area contributed by atoms with Crippen LogP contribution in [0.5, 0.6) is 0 Å². The molecule has 3 rings (SSSR count). The lowest BCUT2D eigenvalue weighted by Gasteiger charge is -2.27. The Kier molecular flexibility index (Phi) is 4.01. The van der Waals surface area contributed by atoms with Gasteiger partial charge in [-0.05, 0) is 36.0 Å². The Balaban J connectivity index is 1.94. The third-order valence-corrected chi connectivity index (χ3v) is 6.82. The molecule has 1 aromatic carbocycles. The fraction of sp³-hybridized carbons (Fsp3) is 0.588. The second-order valence-electron chi connectivity index (χ2n) is 7.50. The second kappa shape index (κ2) is 5.60. The van der Waals surface area contributed by atoms with Gasteiger partial charge >= 0.3 is 0 Å². The van der Waals surface area contributed by atoms with Crippen LogP contribution in [0.15, 0.2) is 29.2 Å². The maximum absolute atomic E-state index is 13.1. The quantitative estimate of drug-likeness (QED) is 0.898. The highest BCUT2D eigenvalue weighted by atomic mass is 32.2. The number of benzene rings is 1. The number of hydrogen-bond donors (Lipinski definition) is 1. The Morgan fingerprint density at radius 1 is 1.09 bits per heavy atom. The van der Waals surface area contributed by atoms with E-state index in [4.69, 9.17) is 0 Å². The van der Waals surface area contributed by atoms with Gasteiger partial charge in [-0.15, -0.1) is 0 Å². The van der Waals surface area contributed by atoms with Crippen LogP contribution in [0.3, 0.4) is 0 Å². The van der Waals surface area contributed by atoms with Crippen molar-refractivity contribution in [2.75, 3.05) is 6.54 Å². The number of amides is 1. The first kappa shape index (κ1) is 16.5. The van der Waals surface area contributed by atoms with E-state index in [2.05, 4.69) is 26.1 Å². The van der Waals surface area contributed by atoms with Crippen LogP contribution in [-0.2, 0) is 20.2 Å². The van der Waals surface area contributed by atoms with Gasteiger partial charge in [-0.2, -0.15) is 4.31 Å². The van der Waals surface area contributed by atoms with E-state index in [1.165, 1.54) is 0 Å². The normalized spacial score (nSPS) is 26.0. The molecule has 0 saturated carbocycles. The molecule has 2 unspecified atom stereocenters. The zero-order chi connectivity index (χ0) is 16.8. The molecule has 23 heavy (non-hydrogen) atoms. The zero-order valence-corrected chi connectivity index (χ0v) is 14.7. The summed E-state index contributed by atoms with van der Waals surface area (Å²) in [5.41, 5.74) is 1.09. The number of fused-ring (bicyclic) bond motifs is 2. The molecule has 2 fully saturated rings. The zero-order valence-electron chi connectivity index (χ0n) is 13.9. The molecule has 5 nitrogen and oxygen atoms in total. The molecule has 0 aromatic heterocycles. The van der Waals surface area contributed by atoms with Crippen molar-refractivity contribution in [1.29, 1.82) is 0 Å². The average molecular weight is 336 g/mol. The maximum Gasteiger partial charge on any atom is 0.243 e. The molecule has 2 heterocycles. The SMILES string of the molecule is CC(C)(C)c1ccc(S(=O)(=O)N2C3CCC2CC(=O)NC3)cc1. The van der Waals surface area contributed by atoms with Gasteiger partial charge in [-0.25, -0.2) is 8.42 Å². The van der Waals surface area contributed by atoms with Gasteiger partial charge in [0.25, 0.3) is 0 Å². The van der Waals surface area contributed by atoms with Crippen molar-refractivity contribution < 1.29 is 13.2 Å². The lowest BCUT2D eigenvalue weighted by Crippen LogP contribution is -2.42. The van der Waals surface area contributed by atoms with E-state index in [0.717, 1.165) is 18.4 Å². The Hall–Kier alpha value is -1.40. The van der Waals surface area contributed by atoms with Gasteiger partial charge in [0.2, 0.25) is 15.9 Å². The van der Waals surface area contributed by atoms with E-state index in [-0.39, 0.29) is 29.8 Å². The van der Waals surface area contributed by atoms with Crippen molar-refractivity contribution in [3.05, 3.63) is 29.8 Å². The summed E-state index contributed by atoms with van der Waals surface area (Å²) in [5.74, 6) is -0.0551. The molecule has 1 aromatic rings. The number of nitrogens with zero attached hydrogens (tertiary/aromatic N) is 1. The molecule has 2 atom stereocenters. The number of hydrogen-bond acceptors (Lipinski definition) is 3. The van der Waals surface area contributed by atoms with Crippen LogP contribution in [0.1, 0.15) is 45.6 Å². The number of rotatable bonds is 2. The monoisotopic (exact) mass is 336 g/mol. The van der Waals surface area contributed by atoms with E-state index in [1.807, 2.05) is 12.1 Å². The van der Waals surface area contributed by atoms with Gasteiger partial charge in [0, 0.05) is 25.0 Å². The van der Waals surface area contributed by atoms with Gasteiger partial charge in [0.1, 0.15) is 0 Å². The lowest BCUT2D eigenvalue weighted by molar-refractivity contribution is -0.121. The summed E-state index contributed by atoms with van der Waals surface area (Å²) in [6.07, 6.45) is 1.83. The molecular weight excluding hydrogens is 312 g/mol. The standard InChI is InChI=1S/C17H24N2O3S/c1-17(2,3)12-4-8-15(9-5-12)23(21,22)19-13-6-7-14(19)11-18-16(20)10-13/h4-5,8-9,13-14H,6-7,10-11H2,1-3H3,(H,18,20). The largest absolute Gasteiger partial charge is 0.354 e. The van der Waals surface area contributed by atoms with Crippen molar-refractivity contribution in [3.8, 4) is 0 Å². The molecule has 126 valence electrons. The smallest absolute Gasteiger partial charge is 0.243 e. The third kappa shape index (κ3) is 3.02. The van der Waals surface area contributed by atoms with Crippen LogP contribution >= 0.6 is 0 Å². The van der Waals surface area contributed by atoms with Gasteiger partial charge in [0.05, 0.1) is 4.90 Å². The Bertz CT molecular complexity index is 704. The summed E-state index contributed by atoms with van der Waals surface area (Å²) in [7, 11) is -3.57. The van der Waals surface area contributed by atoms with Gasteiger partial charge in [-0.1, -0.05) is 32.9 Å². The van der Waals surface area contributed by atoms with Crippen molar-refractivity contribution in [2.24, 2.45) is 0 Å². The maximum atomic E-state index is 13.1. The molecule has 1 amide bonds. The molecule has 2 aliphatic heterocycles. The first-order valence-electron chi connectivity index (χ1n) is 8.10. The van der Waals surface area contributed by atoms with Crippen LogP contribution in [-0.4, -0.2) is 37.3 Å². The molecule has 0 radical (unpaired) electrons. The van der Waals surface area contributed by atoms with Crippen molar-refractivity contribution >= 4 is 15.9 Å². The van der Waals surface area contributed by atoms with Crippen LogP contribution in [0, 0.1) is 0 Å². The Labute approximate surface area is 138 Å². The highest BCUT2D eigenvalue weighted by molar-refractivity contribution is 7.89. The Morgan fingerprint density at radius 2 is 1.70 bits per heavy atom. The minimum atomic E-state index is -3.57. The third-order valence-electron chi connectivity index (χ3n) is 4.80. The highest BCUT2D eigenvalue weighted by Gasteiger charge is 2.44. The topological polar surface area (TPSA) is 66.5 Å². The molecule has 1 N–H and O–H groups in total. The molecule has 0 aliphatic carbocycles. The fourth-order valence-corrected chi connectivity index (χ4v) is 5.35. The number of nitrogens with one attached hydrogen (secondary N) is 1. The minimum absolute atomic E-state index is 0.0136. The van der Waals surface area contributed by atoms with Crippen molar-refractivity contribution in [1.82, 2.24) is 9.62 Å². The van der Waals surface area contributed by atoms with Crippen LogP contribution in [0.4, 0.5) is 0 Å². The fourth-order valence-electron chi connectivity index (χ4n) is 3.48. The van der Waals surface area contributed by atoms with Crippen LogP contribution in [0.2, 0.25) is 0 Å². The molecule has 6 heteroatoms. The predicted molar refractivity (Wildman–Crippen MR) is 88.6 cm³/mol. The Morgan fingerprint density at radius 3 is 2.30 bits per heavy atom. The van der Waals surface area contributed by atoms with E-state index in [0.29, 0.717) is 11.4 Å². The summed E-state index contributed by atoms with van der Waals surface area (Å²) < 4.78 is 27.7. The number of sulfonamides is 1. The first-order chi connectivity index (χ1) is 10.7. The molecule has 2 bridgehead atoms. The van der Waals surface area contributed by atoms with E-state index >= 15 is 0 Å². The molecular formula is C17H24N2O3S. The van der Waals surface area contributed by atoms with Gasteiger partial charge < -0.3 is 5.32 Å². The summed E-state index contributed by atoms with van der Waals surface area (Å²) >= 11 is 0. The van der Waals surface area contributed by atoms with E-state index in [9.17, 15) is 13.2 Å².